The summed E-state index contributed by atoms with van der Waals surface area (Å²) in [5, 5.41) is 11.9. The minimum atomic E-state index is 0.210. The molecule has 30 heavy (non-hydrogen) atoms. The number of rotatable bonds is 3. The van der Waals surface area contributed by atoms with Gasteiger partial charge < -0.3 is 15.5 Å². The highest BCUT2D eigenvalue weighted by atomic mass is 15.2. The van der Waals surface area contributed by atoms with Gasteiger partial charge in [0.1, 0.15) is 0 Å². The quantitative estimate of drug-likeness (QED) is 0.693. The first-order chi connectivity index (χ1) is 14.5. The Kier molecular flexibility index (Phi) is 4.96. The highest BCUT2D eigenvalue weighted by Gasteiger charge is 2.22. The number of aromatic nitrogens is 5. The summed E-state index contributed by atoms with van der Waals surface area (Å²) in [4.78, 5) is 16.4. The normalized spacial score (nSPS) is 20.6. The Morgan fingerprint density at radius 3 is 2.83 bits per heavy atom. The second-order valence-corrected chi connectivity index (χ2v) is 8.43. The van der Waals surface area contributed by atoms with E-state index in [1.54, 1.807) is 0 Å². The maximum atomic E-state index is 4.88. The molecule has 5 rings (SSSR count). The largest absolute Gasteiger partial charge is 0.351 e. The first kappa shape index (κ1) is 19.1. The zero-order valence-corrected chi connectivity index (χ0v) is 17.8. The number of hydrogen-bond donors (Lipinski definition) is 2. The van der Waals surface area contributed by atoms with Crippen LogP contribution in [0.15, 0.2) is 30.6 Å². The summed E-state index contributed by atoms with van der Waals surface area (Å²) in [6.45, 7) is 7.05. The third-order valence-electron chi connectivity index (χ3n) is 5.93. The third-order valence-corrected chi connectivity index (χ3v) is 5.93. The fourth-order valence-electron chi connectivity index (χ4n) is 4.21. The SMILES string of the molecule is Cc1cn2nc(C3=C[C@@H](C)NCc4nc(NC5CCN(C)CC5)ncc43)ccc2n1. The molecule has 1 fully saturated rings. The van der Waals surface area contributed by atoms with E-state index >= 15 is 0 Å². The average molecular weight is 405 g/mol. The number of nitrogens with one attached hydrogen (secondary N) is 2. The standard InChI is InChI=1S/C22H28N8/c1-14-10-17(19-4-5-21-25-15(2)13-30(21)28-19)18-11-24-22(27-20(18)12-23-14)26-16-6-8-29(3)9-7-16/h4-5,10-11,13-14,16,23H,6-9,12H2,1-3H3,(H,24,26,27)/t14-/m1/s1. The van der Waals surface area contributed by atoms with Gasteiger partial charge in [-0.15, -0.1) is 0 Å². The molecule has 0 aliphatic carbocycles. The molecular formula is C22H28N8. The lowest BCUT2D eigenvalue weighted by molar-refractivity contribution is 0.263. The van der Waals surface area contributed by atoms with E-state index in [0.29, 0.717) is 18.5 Å². The average Bonchev–Trinajstić information content (AvgIpc) is 3.03. The van der Waals surface area contributed by atoms with Crippen molar-refractivity contribution < 1.29 is 0 Å². The predicted molar refractivity (Wildman–Crippen MR) is 117 cm³/mol. The van der Waals surface area contributed by atoms with Gasteiger partial charge in [-0.25, -0.2) is 19.5 Å². The van der Waals surface area contributed by atoms with Crippen LogP contribution in [0.25, 0.3) is 11.2 Å². The molecule has 5 heterocycles. The number of aryl methyl sites for hydroxylation is 1. The van der Waals surface area contributed by atoms with Crippen LogP contribution in [0.4, 0.5) is 5.95 Å². The van der Waals surface area contributed by atoms with Crippen molar-refractivity contribution in [3.8, 4) is 0 Å². The fraction of sp³-hybridized carbons (Fsp3) is 0.455. The van der Waals surface area contributed by atoms with E-state index in [4.69, 9.17) is 10.1 Å². The predicted octanol–water partition coefficient (Wildman–Crippen LogP) is 2.26. The van der Waals surface area contributed by atoms with Gasteiger partial charge in [0.15, 0.2) is 5.65 Å². The molecule has 0 bridgehead atoms. The Morgan fingerprint density at radius 2 is 2.00 bits per heavy atom. The van der Waals surface area contributed by atoms with Crippen LogP contribution >= 0.6 is 0 Å². The highest BCUT2D eigenvalue weighted by Crippen LogP contribution is 2.28. The smallest absolute Gasteiger partial charge is 0.223 e. The molecule has 2 N–H and O–H groups in total. The second-order valence-electron chi connectivity index (χ2n) is 8.43. The Labute approximate surface area is 176 Å². The monoisotopic (exact) mass is 404 g/mol. The van der Waals surface area contributed by atoms with Gasteiger partial charge in [0.05, 0.1) is 23.3 Å². The van der Waals surface area contributed by atoms with Crippen molar-refractivity contribution >= 4 is 17.2 Å². The van der Waals surface area contributed by atoms with Gasteiger partial charge in [0.2, 0.25) is 5.95 Å². The first-order valence-corrected chi connectivity index (χ1v) is 10.6. The lowest BCUT2D eigenvalue weighted by atomic mass is 10.0. The van der Waals surface area contributed by atoms with Gasteiger partial charge in [-0.3, -0.25) is 0 Å². The van der Waals surface area contributed by atoms with Gasteiger partial charge in [0, 0.05) is 36.0 Å². The molecule has 0 amide bonds. The maximum Gasteiger partial charge on any atom is 0.223 e. The van der Waals surface area contributed by atoms with Crippen LogP contribution in [-0.4, -0.2) is 61.7 Å². The van der Waals surface area contributed by atoms with E-state index in [1.165, 1.54) is 0 Å². The van der Waals surface area contributed by atoms with Gasteiger partial charge in [-0.1, -0.05) is 6.08 Å². The molecule has 156 valence electrons. The molecular weight excluding hydrogens is 376 g/mol. The number of likely N-dealkylation sites (tertiary alicyclic amines) is 1. The van der Waals surface area contributed by atoms with Crippen molar-refractivity contribution in [1.29, 1.82) is 0 Å². The van der Waals surface area contributed by atoms with Crippen molar-refractivity contribution in [3.05, 3.63) is 53.2 Å². The molecule has 2 aliphatic rings. The summed E-state index contributed by atoms with van der Waals surface area (Å²) in [7, 11) is 2.17. The molecule has 2 aliphatic heterocycles. The number of piperidine rings is 1. The molecule has 8 nitrogen and oxygen atoms in total. The Bertz CT molecular complexity index is 1090. The summed E-state index contributed by atoms with van der Waals surface area (Å²) in [5.41, 5.74) is 5.80. The van der Waals surface area contributed by atoms with E-state index < -0.39 is 0 Å². The summed E-state index contributed by atoms with van der Waals surface area (Å²) in [6.07, 6.45) is 8.33. The topological polar surface area (TPSA) is 83.3 Å². The van der Waals surface area contributed by atoms with Crippen LogP contribution < -0.4 is 10.6 Å². The van der Waals surface area contributed by atoms with Crippen LogP contribution in [-0.2, 0) is 6.54 Å². The van der Waals surface area contributed by atoms with Crippen LogP contribution in [0.3, 0.4) is 0 Å². The van der Waals surface area contributed by atoms with E-state index in [1.807, 2.05) is 36.0 Å². The fourth-order valence-corrected chi connectivity index (χ4v) is 4.21. The minimum absolute atomic E-state index is 0.210. The van der Waals surface area contributed by atoms with E-state index in [0.717, 1.165) is 59.8 Å². The van der Waals surface area contributed by atoms with Gasteiger partial charge >= 0.3 is 0 Å². The summed E-state index contributed by atoms with van der Waals surface area (Å²) < 4.78 is 1.84. The molecule has 3 aromatic rings. The molecule has 3 aromatic heterocycles. The zero-order valence-electron chi connectivity index (χ0n) is 17.8. The molecule has 0 spiro atoms. The van der Waals surface area contributed by atoms with E-state index in [-0.39, 0.29) is 6.04 Å². The Morgan fingerprint density at radius 1 is 1.17 bits per heavy atom. The van der Waals surface area contributed by atoms with Crippen LogP contribution in [0.2, 0.25) is 0 Å². The third kappa shape index (κ3) is 3.80. The second kappa shape index (κ2) is 7.77. The summed E-state index contributed by atoms with van der Waals surface area (Å²) in [6, 6.07) is 4.68. The zero-order chi connectivity index (χ0) is 20.7. The minimum Gasteiger partial charge on any atom is -0.351 e. The molecule has 1 atom stereocenters. The highest BCUT2D eigenvalue weighted by molar-refractivity contribution is 5.80. The van der Waals surface area contributed by atoms with Crippen molar-refractivity contribution in [2.75, 3.05) is 25.5 Å². The van der Waals surface area contributed by atoms with Crippen molar-refractivity contribution in [2.45, 2.75) is 45.3 Å². The number of anilines is 1. The lowest BCUT2D eigenvalue weighted by Gasteiger charge is -2.29. The van der Waals surface area contributed by atoms with Gasteiger partial charge in [-0.2, -0.15) is 5.10 Å². The van der Waals surface area contributed by atoms with Crippen LogP contribution in [0.5, 0.6) is 0 Å². The molecule has 8 heteroatoms. The first-order valence-electron chi connectivity index (χ1n) is 10.6. The van der Waals surface area contributed by atoms with E-state index in [2.05, 4.69) is 45.5 Å². The molecule has 0 aromatic carbocycles. The number of imidazole rings is 1. The van der Waals surface area contributed by atoms with Crippen molar-refractivity contribution in [2.24, 2.45) is 0 Å². The Balaban J connectivity index is 1.47. The summed E-state index contributed by atoms with van der Waals surface area (Å²) in [5.74, 6) is 0.715. The van der Waals surface area contributed by atoms with Crippen LogP contribution in [0, 0.1) is 6.92 Å². The van der Waals surface area contributed by atoms with E-state index in [9.17, 15) is 0 Å². The number of nitrogens with zero attached hydrogens (tertiary/aromatic N) is 6. The molecule has 0 unspecified atom stereocenters. The Hall–Kier alpha value is -2.84. The maximum absolute atomic E-state index is 4.88. The van der Waals surface area contributed by atoms with Gasteiger partial charge in [0.25, 0.3) is 0 Å². The van der Waals surface area contributed by atoms with Crippen molar-refractivity contribution in [1.82, 2.24) is 34.8 Å². The molecule has 0 radical (unpaired) electrons. The lowest BCUT2D eigenvalue weighted by Crippen LogP contribution is -2.37. The summed E-state index contributed by atoms with van der Waals surface area (Å²) >= 11 is 0. The number of hydrogen-bond acceptors (Lipinski definition) is 7. The number of fused-ring (bicyclic) bond motifs is 2. The van der Waals surface area contributed by atoms with Crippen molar-refractivity contribution in [3.63, 3.8) is 0 Å². The van der Waals surface area contributed by atoms with Gasteiger partial charge in [-0.05, 0) is 59.0 Å². The molecule has 0 saturated carbocycles. The van der Waals surface area contributed by atoms with Crippen LogP contribution in [0.1, 0.15) is 42.4 Å². The molecule has 1 saturated heterocycles.